The second-order valence-electron chi connectivity index (χ2n) is 9.68. The van der Waals surface area contributed by atoms with Gasteiger partial charge in [0.05, 0.1) is 10.9 Å². The van der Waals surface area contributed by atoms with Crippen LogP contribution in [0.15, 0.2) is 63.5 Å². The predicted octanol–water partition coefficient (Wildman–Crippen LogP) is 2.11. The van der Waals surface area contributed by atoms with Gasteiger partial charge >= 0.3 is 5.97 Å². The van der Waals surface area contributed by atoms with Gasteiger partial charge in [0.1, 0.15) is 48.6 Å². The molecular weight excluding hydrogens is 632 g/mol. The zero-order valence-corrected chi connectivity index (χ0v) is 25.6. The zero-order valence-electron chi connectivity index (χ0n) is 23.1. The number of benzene rings is 1. The normalized spacial score (nSPS) is 18.3. The van der Waals surface area contributed by atoms with E-state index in [1.54, 1.807) is 18.5 Å². The number of anilines is 1. The van der Waals surface area contributed by atoms with Crippen LogP contribution >= 0.6 is 34.9 Å². The third-order valence-corrected chi connectivity index (χ3v) is 10.2. The number of rotatable bonds is 9. The average molecular weight is 656 g/mol. The summed E-state index contributed by atoms with van der Waals surface area (Å²) >= 11 is 3.81. The number of carboxylic acid groups (broad SMARTS) is 1. The highest BCUT2D eigenvalue weighted by Gasteiger charge is 2.54. The second kappa shape index (κ2) is 11.9. The van der Waals surface area contributed by atoms with Crippen molar-refractivity contribution in [3.8, 4) is 11.4 Å². The van der Waals surface area contributed by atoms with E-state index < -0.39 is 35.0 Å². The molecule has 5 heterocycles. The molecule has 5 N–H and O–H groups in total. The van der Waals surface area contributed by atoms with Gasteiger partial charge in [-0.1, -0.05) is 5.16 Å². The minimum absolute atomic E-state index is 0.119. The number of hydrogen-bond donors (Lipinski definition) is 4. The van der Waals surface area contributed by atoms with E-state index in [9.17, 15) is 19.5 Å². The number of amides is 2. The first kappa shape index (κ1) is 29.6. The molecule has 2 atom stereocenters. The number of pyridine rings is 1. The van der Waals surface area contributed by atoms with Gasteiger partial charge in [-0.3, -0.25) is 14.5 Å². The lowest BCUT2D eigenvalue weighted by atomic mass is 10.0. The number of thioether (sulfide) groups is 2. The van der Waals surface area contributed by atoms with Crippen molar-refractivity contribution in [2.45, 2.75) is 16.3 Å². The number of oxime groups is 1. The number of nitrogen functional groups attached to an aromatic ring is 1. The molecule has 1 unspecified atom stereocenters. The number of aliphatic carboxylic acids is 1. The highest BCUT2D eigenvalue weighted by molar-refractivity contribution is 8.01. The smallest absolute Gasteiger partial charge is 0.352 e. The number of hydrogen-bond acceptors (Lipinski definition) is 11. The lowest BCUT2D eigenvalue weighted by molar-refractivity contribution is -0.645. The van der Waals surface area contributed by atoms with Crippen LogP contribution < -0.4 is 15.6 Å². The van der Waals surface area contributed by atoms with Crippen LogP contribution in [0.3, 0.4) is 0 Å². The number of carbonyl (C=O) groups excluding carboxylic acids is 2. The Labute approximate surface area is 261 Å². The molecule has 2 amide bonds. The van der Waals surface area contributed by atoms with E-state index in [1.807, 2.05) is 23.9 Å². The summed E-state index contributed by atoms with van der Waals surface area (Å²) < 4.78 is 17.0. The van der Waals surface area contributed by atoms with Crippen LogP contribution in [0.1, 0.15) is 5.69 Å². The molecule has 226 valence electrons. The summed E-state index contributed by atoms with van der Waals surface area (Å²) in [5, 5.41) is 18.3. The number of H-pyrrole nitrogens is 1. The molecule has 13 nitrogen and oxygen atoms in total. The molecule has 3 aromatic heterocycles. The molecule has 4 aromatic rings. The van der Waals surface area contributed by atoms with Crippen LogP contribution in [0.4, 0.5) is 9.52 Å². The van der Waals surface area contributed by atoms with Gasteiger partial charge in [-0.2, -0.15) is 0 Å². The summed E-state index contributed by atoms with van der Waals surface area (Å²) in [6, 6.07) is 4.03. The van der Waals surface area contributed by atoms with Crippen LogP contribution in [-0.4, -0.2) is 78.5 Å². The first-order chi connectivity index (χ1) is 21.2. The molecule has 17 heteroatoms. The van der Waals surface area contributed by atoms with Gasteiger partial charge in [0.2, 0.25) is 5.52 Å². The van der Waals surface area contributed by atoms with E-state index in [0.717, 1.165) is 21.7 Å². The third kappa shape index (κ3) is 5.26. The number of nitrogens with one attached hydrogen (secondary N) is 2. The first-order valence-corrected chi connectivity index (χ1v) is 15.9. The molecule has 2 aliphatic heterocycles. The Morgan fingerprint density at radius 3 is 2.91 bits per heavy atom. The molecular formula is C27H24FN8O5S3+. The van der Waals surface area contributed by atoms with Crippen molar-refractivity contribution in [1.82, 2.24) is 25.2 Å². The van der Waals surface area contributed by atoms with Crippen LogP contribution in [0.5, 0.6) is 0 Å². The monoisotopic (exact) mass is 655 g/mol. The van der Waals surface area contributed by atoms with E-state index in [1.165, 1.54) is 47.0 Å². The summed E-state index contributed by atoms with van der Waals surface area (Å²) in [4.78, 5) is 56.5. The summed E-state index contributed by atoms with van der Waals surface area (Å²) in [7, 11) is 3.12. The largest absolute Gasteiger partial charge is 0.477 e. The van der Waals surface area contributed by atoms with Crippen molar-refractivity contribution in [3.05, 3.63) is 65.0 Å². The fourth-order valence-electron chi connectivity index (χ4n) is 4.98. The van der Waals surface area contributed by atoms with E-state index in [0.29, 0.717) is 28.1 Å². The molecule has 1 aromatic carbocycles. The topological polar surface area (TPSA) is 180 Å². The molecule has 6 rings (SSSR count). The average Bonchev–Trinajstić information content (AvgIpc) is 3.69. The third-order valence-electron chi connectivity index (χ3n) is 7.03. The van der Waals surface area contributed by atoms with Crippen molar-refractivity contribution < 1.29 is 33.3 Å². The Balaban J connectivity index is 1.22. The summed E-state index contributed by atoms with van der Waals surface area (Å²) in [6.45, 7) is 0. The number of nitrogens with two attached hydrogens (primary N) is 1. The van der Waals surface area contributed by atoms with Crippen molar-refractivity contribution in [3.63, 3.8) is 0 Å². The van der Waals surface area contributed by atoms with Crippen LogP contribution in [-0.2, 0) is 26.3 Å². The number of thiazole rings is 1. The number of β-lactam (4-membered cyclic amide) rings is 1. The van der Waals surface area contributed by atoms with Crippen molar-refractivity contribution in [2.75, 3.05) is 24.3 Å². The van der Waals surface area contributed by atoms with Crippen molar-refractivity contribution in [2.24, 2.45) is 12.2 Å². The molecule has 0 saturated carbocycles. The number of carbonyl (C=O) groups is 3. The Hall–Kier alpha value is -4.48. The van der Waals surface area contributed by atoms with E-state index in [-0.39, 0.29) is 28.0 Å². The van der Waals surface area contributed by atoms with Crippen LogP contribution in [0.25, 0.3) is 22.3 Å². The van der Waals surface area contributed by atoms with E-state index in [4.69, 9.17) is 10.6 Å². The van der Waals surface area contributed by atoms with Gasteiger partial charge in [0.15, 0.2) is 17.0 Å². The van der Waals surface area contributed by atoms with Crippen molar-refractivity contribution >= 4 is 74.4 Å². The van der Waals surface area contributed by atoms with Gasteiger partial charge in [-0.05, 0) is 11.6 Å². The number of aryl methyl sites for hydroxylation is 1. The molecule has 44 heavy (non-hydrogen) atoms. The van der Waals surface area contributed by atoms with Gasteiger partial charge in [-0.15, -0.1) is 34.9 Å². The Bertz CT molecular complexity index is 1880. The number of imidazole rings is 1. The number of fused-ring (bicyclic) bond motifs is 2. The molecule has 0 bridgehead atoms. The van der Waals surface area contributed by atoms with E-state index >= 15 is 4.39 Å². The summed E-state index contributed by atoms with van der Waals surface area (Å²) in [5.41, 5.74) is 7.23. The predicted molar refractivity (Wildman–Crippen MR) is 163 cm³/mol. The van der Waals surface area contributed by atoms with Crippen molar-refractivity contribution in [1.29, 1.82) is 0 Å². The lowest BCUT2D eigenvalue weighted by Gasteiger charge is -2.49. The van der Waals surface area contributed by atoms with Gasteiger partial charge in [-0.25, -0.2) is 23.7 Å². The Morgan fingerprint density at radius 1 is 1.41 bits per heavy atom. The lowest BCUT2D eigenvalue weighted by Crippen LogP contribution is -2.71. The molecule has 0 radical (unpaired) electrons. The van der Waals surface area contributed by atoms with Gasteiger partial charge < -0.3 is 26.0 Å². The molecule has 0 spiro atoms. The van der Waals surface area contributed by atoms with E-state index in [2.05, 4.69) is 25.4 Å². The second-order valence-corrected chi connectivity index (χ2v) is 12.7. The van der Waals surface area contributed by atoms with Crippen LogP contribution in [0.2, 0.25) is 0 Å². The fourth-order valence-corrected chi connectivity index (χ4v) is 8.05. The maximum absolute atomic E-state index is 15.2. The quantitative estimate of drug-likeness (QED) is 0.0686. The number of carboxylic acids is 1. The number of aromatic amines is 1. The highest BCUT2D eigenvalue weighted by atomic mass is 32.2. The number of nitrogens with zero attached hydrogens (tertiary/aromatic N) is 5. The fraction of sp³-hybridized carbons (Fsp3) is 0.222. The molecule has 0 aliphatic carbocycles. The number of halogens is 1. The minimum Gasteiger partial charge on any atom is -0.477 e. The maximum Gasteiger partial charge on any atom is 0.352 e. The summed E-state index contributed by atoms with van der Waals surface area (Å²) in [6.07, 6.45) is 5.02. The molecule has 2 aliphatic rings. The highest BCUT2D eigenvalue weighted by Crippen LogP contribution is 2.42. The maximum atomic E-state index is 15.2. The SMILES string of the molecule is CO/N=C(\C(=O)NC1C(=O)N2C(C(=O)O)=C(CSc3cc[n+](C)c4cc(-c5ncc[nH]5)c(F)cc34)CS[C@H]12)c1csc(N)n1. The molecule has 1 saturated heterocycles. The Kier molecular flexibility index (Phi) is 8.00. The Morgan fingerprint density at radius 2 is 2.23 bits per heavy atom. The first-order valence-electron chi connectivity index (χ1n) is 13.0. The minimum atomic E-state index is -1.25. The number of aromatic nitrogens is 4. The zero-order chi connectivity index (χ0) is 31.1. The van der Waals surface area contributed by atoms with Gasteiger partial charge in [0, 0.05) is 46.3 Å². The van der Waals surface area contributed by atoms with Gasteiger partial charge in [0.25, 0.3) is 11.8 Å². The molecule has 1 fully saturated rings. The van der Waals surface area contributed by atoms with Crippen LogP contribution in [0, 0.1) is 5.82 Å². The standard InChI is InChI=1S/C27H23FN8O5S3/c1-35-6-3-18(14-7-15(28)13(8-17(14)35)22-30-4-5-31-22)42-9-12-10-43-25-20(24(38)36(25)21(12)26(39)40)33-23(37)19(34-41-2)16-11-44-27(29)32-16/h3-8,11,20,25H,9-10H2,1-2H3,(H4,29,32,33,37,39,40)/p+1/b34-19-/t20?,25-/m1/s1. The summed E-state index contributed by atoms with van der Waals surface area (Å²) in [5.74, 6) is -1.98.